The van der Waals surface area contributed by atoms with Crippen molar-refractivity contribution < 1.29 is 41.8 Å². The molecular formula is C40H46F3NO6. The van der Waals surface area contributed by atoms with Crippen LogP contribution in [0.4, 0.5) is 13.2 Å². The second-order valence-electron chi connectivity index (χ2n) is 12.8. The molecule has 3 aromatic rings. The van der Waals surface area contributed by atoms with E-state index in [1.54, 1.807) is 6.21 Å². The van der Waals surface area contributed by atoms with Gasteiger partial charge in [0.15, 0.2) is 6.29 Å². The Bertz CT molecular complexity index is 1500. The van der Waals surface area contributed by atoms with E-state index in [0.29, 0.717) is 44.5 Å². The highest BCUT2D eigenvalue weighted by Gasteiger charge is 2.44. The SMILES string of the molecule is COC(=O)CCC/C=C\C[C@@H]1[C@@H](C=NOCc2ccc(C(F)(F)F)cc2)[C@H](OC2CCCCO2)C[C@@H]1OCc1ccc(-c2ccccc2)cc1. The molecule has 1 saturated carbocycles. The fourth-order valence-electron chi connectivity index (χ4n) is 6.43. The fraction of sp³-hybridized carbons (Fsp3) is 0.450. The van der Waals surface area contributed by atoms with Gasteiger partial charge < -0.3 is 23.8 Å². The van der Waals surface area contributed by atoms with Crippen LogP contribution in [0.5, 0.6) is 0 Å². The lowest BCUT2D eigenvalue weighted by Crippen LogP contribution is -2.32. The number of rotatable bonds is 16. The lowest BCUT2D eigenvalue weighted by atomic mass is 9.91. The van der Waals surface area contributed by atoms with E-state index in [0.717, 1.165) is 54.5 Å². The van der Waals surface area contributed by atoms with Gasteiger partial charge in [-0.1, -0.05) is 84.0 Å². The lowest BCUT2D eigenvalue weighted by molar-refractivity contribution is -0.192. The number of hydrogen-bond acceptors (Lipinski definition) is 7. The number of oxime groups is 1. The molecule has 7 nitrogen and oxygen atoms in total. The average molecular weight is 694 g/mol. The molecule has 3 aromatic carbocycles. The van der Waals surface area contributed by atoms with Gasteiger partial charge in [0.25, 0.3) is 0 Å². The number of allylic oxidation sites excluding steroid dienone is 2. The van der Waals surface area contributed by atoms with Gasteiger partial charge in [0, 0.05) is 31.6 Å². The van der Waals surface area contributed by atoms with Crippen LogP contribution in [0.15, 0.2) is 96.2 Å². The molecule has 0 radical (unpaired) electrons. The van der Waals surface area contributed by atoms with Crippen LogP contribution in [-0.2, 0) is 48.0 Å². The number of ether oxygens (including phenoxy) is 4. The third-order valence-corrected chi connectivity index (χ3v) is 9.23. The van der Waals surface area contributed by atoms with Crippen LogP contribution >= 0.6 is 0 Å². The first kappa shape index (κ1) is 37.3. The highest BCUT2D eigenvalue weighted by atomic mass is 19.4. The molecule has 1 unspecified atom stereocenters. The largest absolute Gasteiger partial charge is 0.469 e. The number of nitrogens with zero attached hydrogens (tertiary/aromatic N) is 1. The van der Waals surface area contributed by atoms with Crippen molar-refractivity contribution in [3.05, 3.63) is 108 Å². The number of esters is 1. The number of alkyl halides is 3. The Morgan fingerprint density at radius 3 is 2.32 bits per heavy atom. The van der Waals surface area contributed by atoms with E-state index < -0.39 is 11.7 Å². The first-order chi connectivity index (χ1) is 24.3. The molecule has 10 heteroatoms. The molecule has 50 heavy (non-hydrogen) atoms. The standard InChI is InChI=1S/C40H46F3NO6/c1-46-38(45)14-8-3-2-7-13-34-35(26-44-49-28-30-18-22-33(23-19-30)40(41,42)43)37(50-39-15-9-10-24-47-39)25-36(34)48-27-29-16-20-32(21-17-29)31-11-5-4-6-12-31/h2,4-7,11-12,16-23,26,34-37,39H,3,8-10,13-15,24-25,27-28H2,1H3/b7-2-,44-26?/t34-,35-,36+,37-,39?/m1/s1. The topological polar surface area (TPSA) is 75.6 Å². The zero-order chi connectivity index (χ0) is 35.2. The van der Waals surface area contributed by atoms with Crippen LogP contribution < -0.4 is 0 Å². The number of hydrogen-bond donors (Lipinski definition) is 0. The molecular weight excluding hydrogens is 647 g/mol. The first-order valence-electron chi connectivity index (χ1n) is 17.4. The molecule has 5 rings (SSSR count). The summed E-state index contributed by atoms with van der Waals surface area (Å²) in [4.78, 5) is 17.1. The summed E-state index contributed by atoms with van der Waals surface area (Å²) in [6, 6.07) is 23.5. The zero-order valence-corrected chi connectivity index (χ0v) is 28.4. The van der Waals surface area contributed by atoms with Gasteiger partial charge in [0.05, 0.1) is 31.5 Å². The van der Waals surface area contributed by atoms with E-state index in [1.165, 1.54) is 19.2 Å². The second-order valence-corrected chi connectivity index (χ2v) is 12.8. The summed E-state index contributed by atoms with van der Waals surface area (Å²) >= 11 is 0. The molecule has 5 atom stereocenters. The average Bonchev–Trinajstić information content (AvgIpc) is 3.46. The Labute approximate surface area is 292 Å². The summed E-state index contributed by atoms with van der Waals surface area (Å²) in [5.74, 6) is -0.391. The quantitative estimate of drug-likeness (QED) is 0.0490. The van der Waals surface area contributed by atoms with Gasteiger partial charge in [-0.25, -0.2) is 0 Å². The van der Waals surface area contributed by atoms with E-state index in [1.807, 2.05) is 18.2 Å². The zero-order valence-electron chi connectivity index (χ0n) is 28.4. The first-order valence-corrected chi connectivity index (χ1v) is 17.4. The van der Waals surface area contributed by atoms with Crippen molar-refractivity contribution in [1.29, 1.82) is 0 Å². The van der Waals surface area contributed by atoms with Crippen LogP contribution in [0.2, 0.25) is 0 Å². The minimum Gasteiger partial charge on any atom is -0.469 e. The summed E-state index contributed by atoms with van der Waals surface area (Å²) < 4.78 is 62.8. The maximum atomic E-state index is 13.0. The number of benzene rings is 3. The highest BCUT2D eigenvalue weighted by molar-refractivity contribution is 5.69. The van der Waals surface area contributed by atoms with E-state index in [9.17, 15) is 18.0 Å². The van der Waals surface area contributed by atoms with Gasteiger partial charge in [0.1, 0.15) is 6.61 Å². The van der Waals surface area contributed by atoms with E-state index >= 15 is 0 Å². The molecule has 0 amide bonds. The smallest absolute Gasteiger partial charge is 0.416 e. The minimum atomic E-state index is -4.40. The molecule has 2 aliphatic rings. The van der Waals surface area contributed by atoms with Crippen LogP contribution in [-0.4, -0.2) is 44.4 Å². The Balaban J connectivity index is 1.28. The third-order valence-electron chi connectivity index (χ3n) is 9.23. The van der Waals surface area contributed by atoms with E-state index in [2.05, 4.69) is 53.7 Å². The summed E-state index contributed by atoms with van der Waals surface area (Å²) in [5.41, 5.74) is 3.23. The molecule has 0 bridgehead atoms. The number of unbranched alkanes of at least 4 members (excludes halogenated alkanes) is 1. The molecule has 0 spiro atoms. The lowest BCUT2D eigenvalue weighted by Gasteiger charge is -2.28. The predicted molar refractivity (Wildman–Crippen MR) is 185 cm³/mol. The van der Waals surface area contributed by atoms with Gasteiger partial charge in [0.2, 0.25) is 0 Å². The molecule has 1 heterocycles. The molecule has 2 fully saturated rings. The van der Waals surface area contributed by atoms with Crippen molar-refractivity contribution in [2.75, 3.05) is 13.7 Å². The van der Waals surface area contributed by atoms with Crippen molar-refractivity contribution in [2.24, 2.45) is 17.0 Å². The second kappa shape index (κ2) is 18.8. The molecule has 0 N–H and O–H groups in total. The fourth-order valence-corrected chi connectivity index (χ4v) is 6.43. The van der Waals surface area contributed by atoms with E-state index in [-0.39, 0.29) is 42.9 Å². The summed E-state index contributed by atoms with van der Waals surface area (Å²) in [6.07, 6.45) is 6.84. The maximum Gasteiger partial charge on any atom is 0.416 e. The Hall–Kier alpha value is -3.99. The van der Waals surface area contributed by atoms with Gasteiger partial charge >= 0.3 is 12.1 Å². The van der Waals surface area contributed by atoms with Crippen molar-refractivity contribution >= 4 is 12.2 Å². The number of halogens is 3. The summed E-state index contributed by atoms with van der Waals surface area (Å²) in [6.45, 7) is 1.12. The van der Waals surface area contributed by atoms with E-state index in [4.69, 9.17) is 23.8 Å². The monoisotopic (exact) mass is 693 g/mol. The molecule has 1 aliphatic heterocycles. The molecule has 1 saturated heterocycles. The molecule has 0 aromatic heterocycles. The van der Waals surface area contributed by atoms with Crippen molar-refractivity contribution in [2.45, 2.75) is 89.3 Å². The van der Waals surface area contributed by atoms with Gasteiger partial charge in [-0.2, -0.15) is 13.2 Å². The Kier molecular flexibility index (Phi) is 14.0. The van der Waals surface area contributed by atoms with Gasteiger partial charge in [-0.15, -0.1) is 0 Å². The number of carbonyl (C=O) groups excluding carboxylic acids is 1. The number of carbonyl (C=O) groups is 1. The van der Waals surface area contributed by atoms with Crippen molar-refractivity contribution in [3.8, 4) is 11.1 Å². The highest BCUT2D eigenvalue weighted by Crippen LogP contribution is 2.40. The van der Waals surface area contributed by atoms with Gasteiger partial charge in [-0.05, 0) is 78.8 Å². The molecule has 1 aliphatic carbocycles. The van der Waals surface area contributed by atoms with Crippen molar-refractivity contribution in [3.63, 3.8) is 0 Å². The number of methoxy groups -OCH3 is 1. The maximum absolute atomic E-state index is 13.0. The Morgan fingerprint density at radius 2 is 1.62 bits per heavy atom. The minimum absolute atomic E-state index is 0.00228. The van der Waals surface area contributed by atoms with Crippen LogP contribution in [0.3, 0.4) is 0 Å². The van der Waals surface area contributed by atoms with Crippen LogP contribution in [0.1, 0.15) is 68.1 Å². The third kappa shape index (κ3) is 11.3. The summed E-state index contributed by atoms with van der Waals surface area (Å²) in [7, 11) is 1.39. The van der Waals surface area contributed by atoms with Crippen LogP contribution in [0, 0.1) is 11.8 Å². The Morgan fingerprint density at radius 1 is 0.900 bits per heavy atom. The molecule has 268 valence electrons. The summed E-state index contributed by atoms with van der Waals surface area (Å²) in [5, 5.41) is 4.29. The van der Waals surface area contributed by atoms with Crippen molar-refractivity contribution in [1.82, 2.24) is 0 Å². The normalized spacial score (nSPS) is 22.7. The predicted octanol–water partition coefficient (Wildman–Crippen LogP) is 9.30. The van der Waals surface area contributed by atoms with Crippen LogP contribution in [0.25, 0.3) is 11.1 Å². The van der Waals surface area contributed by atoms with Gasteiger partial charge in [-0.3, -0.25) is 4.79 Å².